The van der Waals surface area contributed by atoms with Gasteiger partial charge in [0.05, 0.1) is 19.1 Å². The van der Waals surface area contributed by atoms with E-state index in [4.69, 9.17) is 9.47 Å². The number of hydrogen-bond donors (Lipinski definition) is 1. The highest BCUT2D eigenvalue weighted by Gasteiger charge is 2.35. The van der Waals surface area contributed by atoms with Crippen molar-refractivity contribution in [1.29, 1.82) is 0 Å². The van der Waals surface area contributed by atoms with Crippen molar-refractivity contribution in [3.63, 3.8) is 0 Å². The molecule has 0 spiro atoms. The first-order valence-corrected chi connectivity index (χ1v) is 10.1. The molecule has 2 heterocycles. The number of hydrogen-bond acceptors (Lipinski definition) is 6. The Kier molecular flexibility index (Phi) is 5.56. The Morgan fingerprint density at radius 1 is 1.11 bits per heavy atom. The van der Waals surface area contributed by atoms with Gasteiger partial charge < -0.3 is 19.7 Å². The van der Waals surface area contributed by atoms with E-state index in [1.165, 1.54) is 30.7 Å². The molecule has 148 valence electrons. The minimum absolute atomic E-state index is 0.114. The normalized spacial score (nSPS) is 21.0. The van der Waals surface area contributed by atoms with E-state index in [0.717, 1.165) is 0 Å². The van der Waals surface area contributed by atoms with E-state index in [1.807, 2.05) is 0 Å². The van der Waals surface area contributed by atoms with Crippen LogP contribution in [0, 0.1) is 0 Å². The lowest BCUT2D eigenvalue weighted by Crippen LogP contribution is -2.54. The maximum atomic E-state index is 12.9. The molecule has 0 aromatic heterocycles. The Hall–Kier alpha value is -2.33. The SMILES string of the molecule is COc1ccc(S(=O)(=O)N2CCN(C(=O)[C@H]3CCC(=O)N3)CC2)cc1OC. The molecule has 2 fully saturated rings. The van der Waals surface area contributed by atoms with Gasteiger partial charge in [-0.15, -0.1) is 0 Å². The Bertz CT molecular complexity index is 833. The van der Waals surface area contributed by atoms with Gasteiger partial charge in [0.15, 0.2) is 11.5 Å². The number of sulfonamides is 1. The molecular formula is C17H23N3O6S. The first-order valence-electron chi connectivity index (χ1n) is 8.67. The summed E-state index contributed by atoms with van der Waals surface area (Å²) < 4.78 is 37.5. The highest BCUT2D eigenvalue weighted by molar-refractivity contribution is 7.89. The number of benzene rings is 1. The van der Waals surface area contributed by atoms with E-state index < -0.39 is 16.1 Å². The summed E-state index contributed by atoms with van der Waals surface area (Å²) in [6.45, 7) is 0.974. The van der Waals surface area contributed by atoms with Crippen LogP contribution < -0.4 is 14.8 Å². The van der Waals surface area contributed by atoms with Crippen LogP contribution in [0.15, 0.2) is 23.1 Å². The van der Waals surface area contributed by atoms with Crippen LogP contribution in [0.3, 0.4) is 0 Å². The zero-order valence-corrected chi connectivity index (χ0v) is 16.1. The largest absolute Gasteiger partial charge is 0.493 e. The second kappa shape index (κ2) is 7.73. The molecule has 1 aromatic carbocycles. The van der Waals surface area contributed by atoms with Crippen molar-refractivity contribution in [1.82, 2.24) is 14.5 Å². The monoisotopic (exact) mass is 397 g/mol. The molecule has 2 amide bonds. The molecule has 2 aliphatic rings. The predicted molar refractivity (Wildman–Crippen MR) is 96.0 cm³/mol. The van der Waals surface area contributed by atoms with Gasteiger partial charge in [-0.2, -0.15) is 4.31 Å². The lowest BCUT2D eigenvalue weighted by Gasteiger charge is -2.35. The van der Waals surface area contributed by atoms with Crippen LogP contribution in [0.5, 0.6) is 11.5 Å². The van der Waals surface area contributed by atoms with E-state index in [2.05, 4.69) is 5.32 Å². The quantitative estimate of drug-likeness (QED) is 0.739. The van der Waals surface area contributed by atoms with E-state index >= 15 is 0 Å². The third kappa shape index (κ3) is 3.86. The predicted octanol–water partition coefficient (Wildman–Crippen LogP) is -0.185. The van der Waals surface area contributed by atoms with Crippen molar-refractivity contribution >= 4 is 21.8 Å². The van der Waals surface area contributed by atoms with Crippen molar-refractivity contribution in [3.8, 4) is 11.5 Å². The Labute approximate surface area is 158 Å². The standard InChI is InChI=1S/C17H23N3O6S/c1-25-14-5-3-12(11-15(14)26-2)27(23,24)20-9-7-19(8-10-20)17(22)13-4-6-16(21)18-13/h3,5,11,13H,4,6-10H2,1-2H3,(H,18,21)/t13-/m1/s1. The van der Waals surface area contributed by atoms with Gasteiger partial charge in [0.2, 0.25) is 21.8 Å². The summed E-state index contributed by atoms with van der Waals surface area (Å²) in [5.74, 6) is 0.516. The Balaban J connectivity index is 1.68. The van der Waals surface area contributed by atoms with Gasteiger partial charge in [0.25, 0.3) is 0 Å². The number of rotatable bonds is 5. The zero-order valence-electron chi connectivity index (χ0n) is 15.3. The molecule has 1 atom stereocenters. The number of amides is 2. The molecule has 1 N–H and O–H groups in total. The summed E-state index contributed by atoms with van der Waals surface area (Å²) in [7, 11) is -0.780. The van der Waals surface area contributed by atoms with Crippen LogP contribution >= 0.6 is 0 Å². The molecular weight excluding hydrogens is 374 g/mol. The highest BCUT2D eigenvalue weighted by Crippen LogP contribution is 2.31. The van der Waals surface area contributed by atoms with Gasteiger partial charge in [-0.05, 0) is 18.6 Å². The summed E-state index contributed by atoms with van der Waals surface area (Å²) in [5, 5.41) is 2.65. The fourth-order valence-electron chi connectivity index (χ4n) is 3.29. The van der Waals surface area contributed by atoms with Gasteiger partial charge in [-0.1, -0.05) is 0 Å². The first-order chi connectivity index (χ1) is 12.9. The summed E-state index contributed by atoms with van der Waals surface area (Å²) in [5.41, 5.74) is 0. The number of nitrogens with zero attached hydrogens (tertiary/aromatic N) is 2. The highest BCUT2D eigenvalue weighted by atomic mass is 32.2. The number of methoxy groups -OCH3 is 2. The van der Waals surface area contributed by atoms with Crippen molar-refractivity contribution in [2.24, 2.45) is 0 Å². The summed E-state index contributed by atoms with van der Waals surface area (Å²) in [6, 6.07) is 3.96. The third-order valence-corrected chi connectivity index (χ3v) is 6.73. The third-order valence-electron chi connectivity index (χ3n) is 4.84. The van der Waals surface area contributed by atoms with Crippen LogP contribution in [0.25, 0.3) is 0 Å². The van der Waals surface area contributed by atoms with Crippen molar-refractivity contribution < 1.29 is 27.5 Å². The fourth-order valence-corrected chi connectivity index (χ4v) is 4.73. The van der Waals surface area contributed by atoms with Crippen LogP contribution in [-0.2, 0) is 19.6 Å². The fraction of sp³-hybridized carbons (Fsp3) is 0.529. The molecule has 2 saturated heterocycles. The molecule has 0 radical (unpaired) electrons. The maximum absolute atomic E-state index is 12.9. The average molecular weight is 397 g/mol. The molecule has 0 saturated carbocycles. The zero-order chi connectivity index (χ0) is 19.6. The lowest BCUT2D eigenvalue weighted by molar-refractivity contribution is -0.135. The van der Waals surface area contributed by atoms with Crippen LogP contribution in [-0.4, -0.2) is 75.9 Å². The van der Waals surface area contributed by atoms with Gasteiger partial charge in [-0.3, -0.25) is 9.59 Å². The van der Waals surface area contributed by atoms with Crippen LogP contribution in [0.2, 0.25) is 0 Å². The molecule has 2 aliphatic heterocycles. The van der Waals surface area contributed by atoms with Gasteiger partial charge in [0.1, 0.15) is 6.04 Å². The van der Waals surface area contributed by atoms with Gasteiger partial charge in [0, 0.05) is 38.7 Å². The number of carbonyl (C=O) groups excluding carboxylic acids is 2. The minimum Gasteiger partial charge on any atom is -0.493 e. The number of nitrogens with one attached hydrogen (secondary N) is 1. The second-order valence-electron chi connectivity index (χ2n) is 6.40. The van der Waals surface area contributed by atoms with E-state index in [-0.39, 0.29) is 42.9 Å². The van der Waals surface area contributed by atoms with Crippen LogP contribution in [0.1, 0.15) is 12.8 Å². The molecule has 0 aliphatic carbocycles. The average Bonchev–Trinajstić information content (AvgIpc) is 3.13. The molecule has 9 nitrogen and oxygen atoms in total. The summed E-state index contributed by atoms with van der Waals surface area (Å²) in [4.78, 5) is 25.5. The van der Waals surface area contributed by atoms with Crippen LogP contribution in [0.4, 0.5) is 0 Å². The van der Waals surface area contributed by atoms with Crippen molar-refractivity contribution in [3.05, 3.63) is 18.2 Å². The van der Waals surface area contributed by atoms with Gasteiger partial charge >= 0.3 is 0 Å². The summed E-state index contributed by atoms with van der Waals surface area (Å²) >= 11 is 0. The number of carbonyl (C=O) groups is 2. The Morgan fingerprint density at radius 2 is 1.78 bits per heavy atom. The first kappa shape index (κ1) is 19.4. The maximum Gasteiger partial charge on any atom is 0.245 e. The molecule has 0 unspecified atom stereocenters. The second-order valence-corrected chi connectivity index (χ2v) is 8.34. The topological polar surface area (TPSA) is 105 Å². The van der Waals surface area contributed by atoms with E-state index in [0.29, 0.717) is 24.3 Å². The Morgan fingerprint density at radius 3 is 2.33 bits per heavy atom. The molecule has 0 bridgehead atoms. The minimum atomic E-state index is -3.71. The molecule has 10 heteroatoms. The lowest BCUT2D eigenvalue weighted by atomic mass is 10.2. The molecule has 3 rings (SSSR count). The van der Waals surface area contributed by atoms with Crippen molar-refractivity contribution in [2.75, 3.05) is 40.4 Å². The number of piperazine rings is 1. The number of ether oxygens (including phenoxy) is 2. The smallest absolute Gasteiger partial charge is 0.245 e. The molecule has 27 heavy (non-hydrogen) atoms. The van der Waals surface area contributed by atoms with Gasteiger partial charge in [-0.25, -0.2) is 8.42 Å². The summed E-state index contributed by atoms with van der Waals surface area (Å²) in [6.07, 6.45) is 0.839. The van der Waals surface area contributed by atoms with Crippen molar-refractivity contribution in [2.45, 2.75) is 23.8 Å². The molecule has 1 aromatic rings. The van der Waals surface area contributed by atoms with E-state index in [9.17, 15) is 18.0 Å². The van der Waals surface area contributed by atoms with E-state index in [1.54, 1.807) is 11.0 Å².